The Hall–Kier alpha value is -2.12. The Bertz CT molecular complexity index is 675. The zero-order chi connectivity index (χ0) is 19.8. The van der Waals surface area contributed by atoms with Crippen LogP contribution in [-0.4, -0.2) is 55.1 Å². The third-order valence-corrected chi connectivity index (χ3v) is 4.66. The van der Waals surface area contributed by atoms with Gasteiger partial charge in [-0.15, -0.1) is 0 Å². The van der Waals surface area contributed by atoms with Gasteiger partial charge in [-0.3, -0.25) is 0 Å². The summed E-state index contributed by atoms with van der Waals surface area (Å²) in [6.45, 7) is 9.25. The fraction of sp³-hybridized carbons (Fsp3) is 0.600. The molecule has 0 radical (unpaired) electrons. The van der Waals surface area contributed by atoms with Gasteiger partial charge in [0.15, 0.2) is 0 Å². The van der Waals surface area contributed by atoms with E-state index in [2.05, 4.69) is 22.2 Å². The van der Waals surface area contributed by atoms with Crippen LogP contribution in [0.2, 0.25) is 0 Å². The third kappa shape index (κ3) is 5.94. The Morgan fingerprint density at radius 1 is 1.33 bits per heavy atom. The van der Waals surface area contributed by atoms with Crippen molar-refractivity contribution in [2.24, 2.45) is 5.92 Å². The zero-order valence-electron chi connectivity index (χ0n) is 16.8. The molecule has 0 aromatic carbocycles. The SMILES string of the molecule is C=C(C)/C=C(\OC)c1c(C)nc(NCCOC)nc1NC1CCC(CO)C1. The summed E-state index contributed by atoms with van der Waals surface area (Å²) in [4.78, 5) is 9.27. The summed E-state index contributed by atoms with van der Waals surface area (Å²) >= 11 is 0. The van der Waals surface area contributed by atoms with Crippen LogP contribution in [0.3, 0.4) is 0 Å². The van der Waals surface area contributed by atoms with Gasteiger partial charge in [0, 0.05) is 26.3 Å². The fourth-order valence-corrected chi connectivity index (χ4v) is 3.34. The van der Waals surface area contributed by atoms with Crippen LogP contribution >= 0.6 is 0 Å². The maximum Gasteiger partial charge on any atom is 0.224 e. The molecule has 27 heavy (non-hydrogen) atoms. The number of hydrogen-bond donors (Lipinski definition) is 3. The maximum atomic E-state index is 9.42. The number of methoxy groups -OCH3 is 2. The number of aliphatic hydroxyl groups is 1. The molecule has 1 aromatic heterocycles. The van der Waals surface area contributed by atoms with Crippen molar-refractivity contribution in [1.82, 2.24) is 9.97 Å². The molecule has 2 unspecified atom stereocenters. The smallest absolute Gasteiger partial charge is 0.224 e. The Kier molecular flexibility index (Phi) is 8.06. The van der Waals surface area contributed by atoms with Gasteiger partial charge in [-0.1, -0.05) is 12.2 Å². The monoisotopic (exact) mass is 376 g/mol. The van der Waals surface area contributed by atoms with Gasteiger partial charge in [-0.2, -0.15) is 4.98 Å². The quantitative estimate of drug-likeness (QED) is 0.329. The van der Waals surface area contributed by atoms with Gasteiger partial charge in [0.25, 0.3) is 0 Å². The minimum absolute atomic E-state index is 0.233. The molecule has 1 aliphatic carbocycles. The molecule has 150 valence electrons. The van der Waals surface area contributed by atoms with E-state index >= 15 is 0 Å². The third-order valence-electron chi connectivity index (χ3n) is 4.66. The lowest BCUT2D eigenvalue weighted by molar-refractivity contribution is 0.210. The summed E-state index contributed by atoms with van der Waals surface area (Å²) < 4.78 is 10.7. The Balaban J connectivity index is 2.36. The predicted octanol–water partition coefficient (Wildman–Crippen LogP) is 2.98. The first-order valence-corrected chi connectivity index (χ1v) is 9.38. The van der Waals surface area contributed by atoms with Gasteiger partial charge in [-0.05, 0) is 45.1 Å². The van der Waals surface area contributed by atoms with Crippen LogP contribution in [0.1, 0.15) is 37.4 Å². The second-order valence-electron chi connectivity index (χ2n) is 7.04. The summed E-state index contributed by atoms with van der Waals surface area (Å²) in [5.74, 6) is 2.32. The van der Waals surface area contributed by atoms with Crippen LogP contribution in [0.25, 0.3) is 5.76 Å². The van der Waals surface area contributed by atoms with Crippen LogP contribution in [0.4, 0.5) is 11.8 Å². The first kappa shape index (κ1) is 21.2. The minimum Gasteiger partial charge on any atom is -0.496 e. The molecular weight excluding hydrogens is 344 g/mol. The molecule has 7 heteroatoms. The molecule has 1 aliphatic rings. The molecule has 1 fully saturated rings. The van der Waals surface area contributed by atoms with Crippen LogP contribution in [0, 0.1) is 12.8 Å². The largest absolute Gasteiger partial charge is 0.496 e. The standard InChI is InChI=1S/C20H32N4O3/c1-13(2)10-17(27-5)18-14(3)22-20(21-8-9-26-4)24-19(18)23-16-7-6-15(11-16)12-25/h10,15-16,25H,1,6-9,11-12H2,2-5H3,(H2,21,22,23,24)/b17-10-. The average molecular weight is 377 g/mol. The first-order chi connectivity index (χ1) is 13.0. The van der Waals surface area contributed by atoms with Crippen molar-refractivity contribution in [2.75, 3.05) is 44.6 Å². The molecule has 3 N–H and O–H groups in total. The lowest BCUT2D eigenvalue weighted by atomic mass is 10.1. The zero-order valence-corrected chi connectivity index (χ0v) is 16.8. The van der Waals surface area contributed by atoms with Crippen LogP contribution in [0.5, 0.6) is 0 Å². The minimum atomic E-state index is 0.233. The highest BCUT2D eigenvalue weighted by Crippen LogP contribution is 2.32. The number of rotatable bonds is 10. The highest BCUT2D eigenvalue weighted by atomic mass is 16.5. The van der Waals surface area contributed by atoms with E-state index < -0.39 is 0 Å². The number of anilines is 2. The maximum absolute atomic E-state index is 9.42. The van der Waals surface area contributed by atoms with Crippen molar-refractivity contribution < 1.29 is 14.6 Å². The number of aryl methyl sites for hydroxylation is 1. The fourth-order valence-electron chi connectivity index (χ4n) is 3.34. The summed E-state index contributed by atoms with van der Waals surface area (Å²) in [5.41, 5.74) is 2.55. The van der Waals surface area contributed by atoms with E-state index in [1.54, 1.807) is 14.2 Å². The second-order valence-corrected chi connectivity index (χ2v) is 7.04. The molecule has 0 bridgehead atoms. The number of hydrogen-bond acceptors (Lipinski definition) is 7. The molecule has 2 atom stereocenters. The normalized spacial score (nSPS) is 19.8. The molecule has 7 nitrogen and oxygen atoms in total. The van der Waals surface area contributed by atoms with Gasteiger partial charge in [0.2, 0.25) is 5.95 Å². The van der Waals surface area contributed by atoms with Gasteiger partial charge >= 0.3 is 0 Å². The molecule has 1 heterocycles. The predicted molar refractivity (Wildman–Crippen MR) is 109 cm³/mol. The van der Waals surface area contributed by atoms with Gasteiger partial charge in [0.05, 0.1) is 25.0 Å². The topological polar surface area (TPSA) is 88.5 Å². The van der Waals surface area contributed by atoms with Crippen molar-refractivity contribution in [3.8, 4) is 0 Å². The summed E-state index contributed by atoms with van der Waals surface area (Å²) in [5, 5.41) is 16.2. The highest BCUT2D eigenvalue weighted by molar-refractivity contribution is 5.74. The lowest BCUT2D eigenvalue weighted by Gasteiger charge is -2.20. The van der Waals surface area contributed by atoms with E-state index in [9.17, 15) is 5.11 Å². The van der Waals surface area contributed by atoms with Gasteiger partial charge in [-0.25, -0.2) is 4.98 Å². The molecule has 1 aromatic rings. The van der Waals surface area contributed by atoms with Crippen molar-refractivity contribution in [3.05, 3.63) is 29.5 Å². The van der Waals surface area contributed by atoms with Crippen molar-refractivity contribution >= 4 is 17.5 Å². The molecule has 1 saturated carbocycles. The summed E-state index contributed by atoms with van der Waals surface area (Å²) in [6.07, 6.45) is 4.84. The Morgan fingerprint density at radius 2 is 2.11 bits per heavy atom. The van der Waals surface area contributed by atoms with E-state index in [4.69, 9.17) is 14.5 Å². The molecular formula is C20H32N4O3. The van der Waals surface area contributed by atoms with Crippen molar-refractivity contribution in [1.29, 1.82) is 0 Å². The number of aromatic nitrogens is 2. The van der Waals surface area contributed by atoms with E-state index in [1.165, 1.54) is 0 Å². The number of nitrogens with one attached hydrogen (secondary N) is 2. The van der Waals surface area contributed by atoms with Crippen LogP contribution in [0.15, 0.2) is 18.2 Å². The van der Waals surface area contributed by atoms with Crippen LogP contribution in [-0.2, 0) is 9.47 Å². The number of aliphatic hydroxyl groups excluding tert-OH is 1. The second kappa shape index (κ2) is 10.3. The first-order valence-electron chi connectivity index (χ1n) is 9.38. The number of nitrogens with zero attached hydrogens (tertiary/aromatic N) is 2. The lowest BCUT2D eigenvalue weighted by Crippen LogP contribution is -2.20. The van der Waals surface area contributed by atoms with Crippen molar-refractivity contribution in [2.45, 2.75) is 39.2 Å². The molecule has 2 rings (SSSR count). The van der Waals surface area contributed by atoms with E-state index in [1.807, 2.05) is 19.9 Å². The average Bonchev–Trinajstić information content (AvgIpc) is 3.08. The van der Waals surface area contributed by atoms with Gasteiger partial charge in [0.1, 0.15) is 11.6 Å². The molecule has 0 spiro atoms. The van der Waals surface area contributed by atoms with E-state index in [0.717, 1.165) is 41.9 Å². The summed E-state index contributed by atoms with van der Waals surface area (Å²) in [6, 6.07) is 0.268. The van der Waals surface area contributed by atoms with E-state index in [0.29, 0.717) is 30.8 Å². The molecule has 0 amide bonds. The summed E-state index contributed by atoms with van der Waals surface area (Å²) in [7, 11) is 3.30. The highest BCUT2D eigenvalue weighted by Gasteiger charge is 2.26. The number of ether oxygens (including phenoxy) is 2. The molecule has 0 saturated heterocycles. The molecule has 0 aliphatic heterocycles. The Morgan fingerprint density at radius 3 is 2.70 bits per heavy atom. The van der Waals surface area contributed by atoms with Crippen LogP contribution < -0.4 is 10.6 Å². The van der Waals surface area contributed by atoms with Gasteiger partial charge < -0.3 is 25.2 Å². The number of allylic oxidation sites excluding steroid dienone is 2. The van der Waals surface area contributed by atoms with Crippen molar-refractivity contribution in [3.63, 3.8) is 0 Å². The van der Waals surface area contributed by atoms with E-state index in [-0.39, 0.29) is 12.6 Å². The Labute approximate surface area is 161 Å².